The molecule has 8 heteroatoms. The Labute approximate surface area is 138 Å². The van der Waals surface area contributed by atoms with Gasteiger partial charge in [-0.25, -0.2) is 10.0 Å². The summed E-state index contributed by atoms with van der Waals surface area (Å²) in [5, 5.41) is 5.19. The summed E-state index contributed by atoms with van der Waals surface area (Å²) >= 11 is 0. The van der Waals surface area contributed by atoms with Gasteiger partial charge in [0.2, 0.25) is 0 Å². The van der Waals surface area contributed by atoms with Crippen molar-refractivity contribution >= 4 is 17.7 Å². The Bertz CT molecular complexity index is 730. The summed E-state index contributed by atoms with van der Waals surface area (Å²) in [4.78, 5) is 40.6. The zero-order valence-electron chi connectivity index (χ0n) is 12.8. The molecule has 3 amide bonds. The molecule has 0 spiro atoms. The zero-order chi connectivity index (χ0) is 16.9. The minimum absolute atomic E-state index is 0.130. The second-order valence-corrected chi connectivity index (χ2v) is 5.17. The number of rotatable bonds is 4. The molecule has 3 heterocycles. The Hall–Kier alpha value is -3.16. The lowest BCUT2D eigenvalue weighted by molar-refractivity contribution is -0.139. The topological polar surface area (TPSA) is 95.8 Å². The first-order valence-electron chi connectivity index (χ1n) is 7.51. The quantitative estimate of drug-likeness (QED) is 0.891. The molecule has 24 heavy (non-hydrogen) atoms. The maximum Gasteiger partial charge on any atom is 0.291 e. The van der Waals surface area contributed by atoms with Gasteiger partial charge in [-0.1, -0.05) is 6.07 Å². The highest BCUT2D eigenvalue weighted by Gasteiger charge is 2.31. The molecule has 0 aromatic carbocycles. The van der Waals surface area contributed by atoms with Gasteiger partial charge in [-0.15, -0.1) is 0 Å². The molecular formula is C16H16N4O4. The Kier molecular flexibility index (Phi) is 4.55. The molecule has 124 valence electrons. The summed E-state index contributed by atoms with van der Waals surface area (Å²) in [6.45, 7) is 0.646. The Morgan fingerprint density at radius 3 is 2.67 bits per heavy atom. The van der Waals surface area contributed by atoms with Crippen molar-refractivity contribution in [2.75, 3.05) is 19.6 Å². The lowest BCUT2D eigenvalue weighted by atomic mass is 10.3. The van der Waals surface area contributed by atoms with Crippen molar-refractivity contribution in [1.29, 1.82) is 0 Å². The number of aromatic nitrogens is 1. The van der Waals surface area contributed by atoms with Gasteiger partial charge < -0.3 is 9.73 Å². The van der Waals surface area contributed by atoms with Gasteiger partial charge in [-0.2, -0.15) is 0 Å². The van der Waals surface area contributed by atoms with Crippen LogP contribution in [0.2, 0.25) is 0 Å². The van der Waals surface area contributed by atoms with Crippen LogP contribution < -0.4 is 5.32 Å². The average Bonchev–Trinajstić information content (AvgIpc) is 3.30. The summed E-state index contributed by atoms with van der Waals surface area (Å²) in [5.74, 6) is -1.05. The number of amides is 3. The lowest BCUT2D eigenvalue weighted by Gasteiger charge is -2.27. The molecule has 1 saturated heterocycles. The van der Waals surface area contributed by atoms with Crippen LogP contribution in [0.25, 0.3) is 0 Å². The van der Waals surface area contributed by atoms with E-state index in [1.54, 1.807) is 24.3 Å². The first kappa shape index (κ1) is 15.7. The highest BCUT2D eigenvalue weighted by atomic mass is 16.3. The van der Waals surface area contributed by atoms with Gasteiger partial charge in [-0.3, -0.25) is 19.4 Å². The lowest BCUT2D eigenvalue weighted by Crippen LogP contribution is -2.48. The Morgan fingerprint density at radius 1 is 1.12 bits per heavy atom. The van der Waals surface area contributed by atoms with Crippen LogP contribution in [0.15, 0.2) is 47.2 Å². The van der Waals surface area contributed by atoms with E-state index < -0.39 is 5.91 Å². The van der Waals surface area contributed by atoms with Crippen molar-refractivity contribution < 1.29 is 18.8 Å². The van der Waals surface area contributed by atoms with E-state index in [0.717, 1.165) is 0 Å². The van der Waals surface area contributed by atoms with Crippen molar-refractivity contribution in [3.63, 3.8) is 0 Å². The molecule has 0 aliphatic carbocycles. The molecule has 8 nitrogen and oxygen atoms in total. The van der Waals surface area contributed by atoms with E-state index in [9.17, 15) is 14.4 Å². The molecule has 0 bridgehead atoms. The SMILES string of the molecule is O=C(NCC(=O)N1CCCN1C(=O)c1ccccn1)c1ccco1. The number of furan rings is 1. The van der Waals surface area contributed by atoms with E-state index in [1.165, 1.54) is 28.5 Å². The van der Waals surface area contributed by atoms with Crippen LogP contribution in [0, 0.1) is 0 Å². The van der Waals surface area contributed by atoms with E-state index in [2.05, 4.69) is 10.3 Å². The average molecular weight is 328 g/mol. The number of hydrogen-bond donors (Lipinski definition) is 1. The fourth-order valence-electron chi connectivity index (χ4n) is 2.45. The molecule has 0 atom stereocenters. The van der Waals surface area contributed by atoms with E-state index >= 15 is 0 Å². The molecule has 0 saturated carbocycles. The first-order valence-corrected chi connectivity index (χ1v) is 7.51. The number of hydrazine groups is 1. The molecular weight excluding hydrogens is 312 g/mol. The minimum Gasteiger partial charge on any atom is -0.459 e. The van der Waals surface area contributed by atoms with Gasteiger partial charge in [0.25, 0.3) is 17.7 Å². The fraction of sp³-hybridized carbons (Fsp3) is 0.250. The summed E-state index contributed by atoms with van der Waals surface area (Å²) < 4.78 is 4.96. The number of pyridine rings is 1. The van der Waals surface area contributed by atoms with Crippen LogP contribution in [0.3, 0.4) is 0 Å². The normalized spacial score (nSPS) is 13.8. The molecule has 1 aliphatic heterocycles. The number of hydrogen-bond acceptors (Lipinski definition) is 5. The van der Waals surface area contributed by atoms with Gasteiger partial charge >= 0.3 is 0 Å². The molecule has 0 radical (unpaired) electrons. The molecule has 3 rings (SSSR count). The number of nitrogens with one attached hydrogen (secondary N) is 1. The van der Waals surface area contributed by atoms with E-state index in [4.69, 9.17) is 4.42 Å². The summed E-state index contributed by atoms with van der Waals surface area (Å²) in [7, 11) is 0. The third kappa shape index (κ3) is 3.27. The first-order chi connectivity index (χ1) is 11.7. The minimum atomic E-state index is -0.477. The highest BCUT2D eigenvalue weighted by Crippen LogP contribution is 2.14. The molecule has 1 fully saturated rings. The molecule has 1 N–H and O–H groups in total. The Balaban J connectivity index is 1.61. The van der Waals surface area contributed by atoms with Crippen LogP contribution in [-0.4, -0.2) is 52.4 Å². The number of nitrogens with zero attached hydrogens (tertiary/aromatic N) is 3. The summed E-state index contributed by atoms with van der Waals surface area (Å²) in [5.41, 5.74) is 0.275. The van der Waals surface area contributed by atoms with Crippen LogP contribution in [0.5, 0.6) is 0 Å². The van der Waals surface area contributed by atoms with Gasteiger partial charge in [-0.05, 0) is 30.7 Å². The van der Waals surface area contributed by atoms with Crippen molar-refractivity contribution in [1.82, 2.24) is 20.3 Å². The standard InChI is InChI=1S/C16H16N4O4/c21-14(11-18-15(22)13-6-3-10-24-13)19-8-4-9-20(19)16(23)12-5-1-2-7-17-12/h1-3,5-7,10H,4,8-9,11H2,(H,18,22). The predicted octanol–water partition coefficient (Wildman–Crippen LogP) is 0.694. The molecule has 2 aromatic rings. The predicted molar refractivity (Wildman–Crippen MR) is 82.6 cm³/mol. The monoisotopic (exact) mass is 328 g/mol. The van der Waals surface area contributed by atoms with Crippen molar-refractivity contribution in [3.8, 4) is 0 Å². The smallest absolute Gasteiger partial charge is 0.291 e. The highest BCUT2D eigenvalue weighted by molar-refractivity contribution is 5.96. The van der Waals surface area contributed by atoms with Gasteiger partial charge in [0, 0.05) is 19.3 Å². The second-order valence-electron chi connectivity index (χ2n) is 5.17. The second kappa shape index (κ2) is 6.95. The maximum atomic E-state index is 12.5. The van der Waals surface area contributed by atoms with Crippen molar-refractivity contribution in [3.05, 3.63) is 54.2 Å². The Morgan fingerprint density at radius 2 is 1.96 bits per heavy atom. The largest absolute Gasteiger partial charge is 0.459 e. The molecule has 1 aliphatic rings. The number of carbonyl (C=O) groups excluding carboxylic acids is 3. The van der Waals surface area contributed by atoms with E-state index in [-0.39, 0.29) is 29.8 Å². The number of carbonyl (C=O) groups is 3. The van der Waals surface area contributed by atoms with E-state index in [0.29, 0.717) is 19.5 Å². The van der Waals surface area contributed by atoms with Gasteiger partial charge in [0.05, 0.1) is 12.8 Å². The molecule has 2 aromatic heterocycles. The van der Waals surface area contributed by atoms with Crippen LogP contribution in [0.4, 0.5) is 0 Å². The van der Waals surface area contributed by atoms with Crippen LogP contribution >= 0.6 is 0 Å². The van der Waals surface area contributed by atoms with Crippen LogP contribution in [-0.2, 0) is 4.79 Å². The maximum absolute atomic E-state index is 12.5. The van der Waals surface area contributed by atoms with Crippen LogP contribution in [0.1, 0.15) is 27.5 Å². The summed E-state index contributed by atoms with van der Waals surface area (Å²) in [6, 6.07) is 8.12. The zero-order valence-corrected chi connectivity index (χ0v) is 12.8. The van der Waals surface area contributed by atoms with Crippen molar-refractivity contribution in [2.24, 2.45) is 0 Å². The van der Waals surface area contributed by atoms with Gasteiger partial charge in [0.1, 0.15) is 5.69 Å². The van der Waals surface area contributed by atoms with Crippen molar-refractivity contribution in [2.45, 2.75) is 6.42 Å². The van der Waals surface area contributed by atoms with Gasteiger partial charge in [0.15, 0.2) is 5.76 Å². The molecule has 0 unspecified atom stereocenters. The van der Waals surface area contributed by atoms with E-state index in [1.807, 2.05) is 0 Å². The third-order valence-electron chi connectivity index (χ3n) is 3.58. The fourth-order valence-corrected chi connectivity index (χ4v) is 2.45. The summed E-state index contributed by atoms with van der Waals surface area (Å²) in [6.07, 6.45) is 3.58. The third-order valence-corrected chi connectivity index (χ3v) is 3.58.